The van der Waals surface area contributed by atoms with E-state index in [0.29, 0.717) is 12.1 Å². The van der Waals surface area contributed by atoms with Crippen LogP contribution in [0.25, 0.3) is 0 Å². The molecule has 2 aliphatic heterocycles. The Hall–Kier alpha value is -1.35. The molecule has 1 saturated heterocycles. The molecular formula is C13H16N2O. The number of carbonyl (C=O) groups excluding carboxylic acids is 1. The van der Waals surface area contributed by atoms with E-state index in [2.05, 4.69) is 23.2 Å². The van der Waals surface area contributed by atoms with Crippen molar-refractivity contribution in [2.75, 3.05) is 13.1 Å². The summed E-state index contributed by atoms with van der Waals surface area (Å²) in [5.74, 6) is 0.209. The maximum atomic E-state index is 12.4. The number of amides is 1. The maximum absolute atomic E-state index is 12.4. The fourth-order valence-electron chi connectivity index (χ4n) is 2.85. The largest absolute Gasteiger partial charge is 0.330 e. The third kappa shape index (κ3) is 1.35. The average Bonchev–Trinajstić information content (AvgIpc) is 2.29. The Morgan fingerprint density at radius 1 is 1.31 bits per heavy atom. The van der Waals surface area contributed by atoms with Crippen LogP contribution in [0.15, 0.2) is 24.3 Å². The van der Waals surface area contributed by atoms with Crippen molar-refractivity contribution >= 4 is 5.91 Å². The lowest BCUT2D eigenvalue weighted by Crippen LogP contribution is -2.60. The molecule has 1 N–H and O–H groups in total. The van der Waals surface area contributed by atoms with Crippen molar-refractivity contribution in [1.82, 2.24) is 10.2 Å². The average molecular weight is 216 g/mol. The van der Waals surface area contributed by atoms with Gasteiger partial charge in [-0.15, -0.1) is 0 Å². The van der Waals surface area contributed by atoms with Crippen molar-refractivity contribution in [1.29, 1.82) is 0 Å². The summed E-state index contributed by atoms with van der Waals surface area (Å²) in [5, 5.41) is 3.39. The quantitative estimate of drug-likeness (QED) is 0.703. The lowest BCUT2D eigenvalue weighted by Gasteiger charge is -2.44. The molecule has 84 valence electrons. The molecule has 0 saturated carbocycles. The number of nitrogens with one attached hydrogen (secondary N) is 1. The molecule has 1 aromatic rings. The topological polar surface area (TPSA) is 32.3 Å². The van der Waals surface area contributed by atoms with Crippen molar-refractivity contribution < 1.29 is 4.79 Å². The van der Waals surface area contributed by atoms with Crippen molar-refractivity contribution in [3.63, 3.8) is 0 Å². The molecule has 2 atom stereocenters. The van der Waals surface area contributed by atoms with Gasteiger partial charge in [-0.25, -0.2) is 0 Å². The van der Waals surface area contributed by atoms with Crippen molar-refractivity contribution in [2.24, 2.45) is 0 Å². The molecule has 1 fully saturated rings. The van der Waals surface area contributed by atoms with Crippen LogP contribution in [0.2, 0.25) is 0 Å². The van der Waals surface area contributed by atoms with E-state index >= 15 is 0 Å². The molecule has 1 aromatic carbocycles. The molecule has 0 radical (unpaired) electrons. The van der Waals surface area contributed by atoms with Crippen molar-refractivity contribution in [2.45, 2.75) is 25.4 Å². The van der Waals surface area contributed by atoms with E-state index in [1.165, 1.54) is 5.56 Å². The number of benzene rings is 1. The van der Waals surface area contributed by atoms with Gasteiger partial charge in [0, 0.05) is 30.7 Å². The molecule has 3 nitrogen and oxygen atoms in total. The Morgan fingerprint density at radius 3 is 3.00 bits per heavy atom. The zero-order valence-electron chi connectivity index (χ0n) is 9.44. The van der Waals surface area contributed by atoms with Gasteiger partial charge in [0.1, 0.15) is 0 Å². The fraction of sp³-hybridized carbons (Fsp3) is 0.462. The van der Waals surface area contributed by atoms with Crippen molar-refractivity contribution in [3.8, 4) is 0 Å². The second-order valence-corrected chi connectivity index (χ2v) is 4.73. The predicted octanol–water partition coefficient (Wildman–Crippen LogP) is 1.05. The molecule has 3 rings (SSSR count). The Balaban J connectivity index is 2.03. The Kier molecular flexibility index (Phi) is 2.21. The van der Waals surface area contributed by atoms with Crippen LogP contribution in [-0.2, 0) is 6.42 Å². The number of carbonyl (C=O) groups is 1. The van der Waals surface area contributed by atoms with Crippen LogP contribution in [0.3, 0.4) is 0 Å². The molecule has 0 aliphatic carbocycles. The SMILES string of the molecule is C[C@H]1CNC[C@H]2Cc3ccccc3C(=O)N21. The minimum absolute atomic E-state index is 0.209. The highest BCUT2D eigenvalue weighted by molar-refractivity contribution is 5.97. The first-order valence-electron chi connectivity index (χ1n) is 5.88. The van der Waals surface area contributed by atoms with Gasteiger partial charge in [0.2, 0.25) is 0 Å². The second kappa shape index (κ2) is 3.59. The molecule has 3 heteroatoms. The minimum atomic E-state index is 0.209. The molecule has 16 heavy (non-hydrogen) atoms. The van der Waals surface area contributed by atoms with Gasteiger partial charge in [-0.2, -0.15) is 0 Å². The monoisotopic (exact) mass is 216 g/mol. The molecule has 0 bridgehead atoms. The summed E-state index contributed by atoms with van der Waals surface area (Å²) in [6, 6.07) is 8.63. The maximum Gasteiger partial charge on any atom is 0.254 e. The lowest BCUT2D eigenvalue weighted by atomic mass is 9.90. The smallest absolute Gasteiger partial charge is 0.254 e. The summed E-state index contributed by atoms with van der Waals surface area (Å²) in [6.07, 6.45) is 0.985. The van der Waals surface area contributed by atoms with E-state index in [-0.39, 0.29) is 5.91 Å². The summed E-state index contributed by atoms with van der Waals surface area (Å²) < 4.78 is 0. The summed E-state index contributed by atoms with van der Waals surface area (Å²) in [4.78, 5) is 14.4. The normalized spacial score (nSPS) is 28.6. The van der Waals surface area contributed by atoms with Gasteiger partial charge >= 0.3 is 0 Å². The standard InChI is InChI=1S/C13H16N2O/c1-9-7-14-8-11-6-10-4-2-3-5-12(10)13(16)15(9)11/h2-5,9,11,14H,6-8H2,1H3/t9-,11+/m0/s1. The number of piperazine rings is 1. The Labute approximate surface area is 95.4 Å². The van der Waals surface area contributed by atoms with Crippen LogP contribution in [0.1, 0.15) is 22.8 Å². The third-order valence-corrected chi connectivity index (χ3v) is 3.63. The zero-order chi connectivity index (χ0) is 11.1. The predicted molar refractivity (Wildman–Crippen MR) is 62.4 cm³/mol. The van der Waals surface area contributed by atoms with E-state index in [4.69, 9.17) is 0 Å². The molecule has 2 aliphatic rings. The molecule has 0 unspecified atom stereocenters. The van der Waals surface area contributed by atoms with E-state index in [0.717, 1.165) is 25.1 Å². The van der Waals surface area contributed by atoms with Gasteiger partial charge in [0.05, 0.1) is 0 Å². The summed E-state index contributed by atoms with van der Waals surface area (Å²) in [6.45, 7) is 3.94. The van der Waals surface area contributed by atoms with Crippen LogP contribution in [0.5, 0.6) is 0 Å². The number of nitrogens with zero attached hydrogens (tertiary/aromatic N) is 1. The van der Waals surface area contributed by atoms with Crippen LogP contribution in [-0.4, -0.2) is 36.0 Å². The first-order valence-corrected chi connectivity index (χ1v) is 5.88. The number of hydrogen-bond acceptors (Lipinski definition) is 2. The molecule has 1 amide bonds. The van der Waals surface area contributed by atoms with Crippen LogP contribution >= 0.6 is 0 Å². The van der Waals surface area contributed by atoms with Gasteiger partial charge in [-0.05, 0) is 25.0 Å². The van der Waals surface area contributed by atoms with Gasteiger partial charge in [0.25, 0.3) is 5.91 Å². The first-order chi connectivity index (χ1) is 7.77. The van der Waals surface area contributed by atoms with Gasteiger partial charge < -0.3 is 10.2 Å². The molecular weight excluding hydrogens is 200 g/mol. The fourth-order valence-corrected chi connectivity index (χ4v) is 2.85. The van der Waals surface area contributed by atoms with E-state index in [1.807, 2.05) is 18.2 Å². The Bertz CT molecular complexity index is 430. The molecule has 2 heterocycles. The highest BCUT2D eigenvalue weighted by Crippen LogP contribution is 2.26. The third-order valence-electron chi connectivity index (χ3n) is 3.63. The van der Waals surface area contributed by atoms with Gasteiger partial charge in [0.15, 0.2) is 0 Å². The van der Waals surface area contributed by atoms with Crippen LogP contribution in [0.4, 0.5) is 0 Å². The number of rotatable bonds is 0. The summed E-state index contributed by atoms with van der Waals surface area (Å²) in [5.41, 5.74) is 2.09. The number of hydrogen-bond donors (Lipinski definition) is 1. The van der Waals surface area contributed by atoms with E-state index < -0.39 is 0 Å². The van der Waals surface area contributed by atoms with Crippen LogP contribution in [0, 0.1) is 0 Å². The highest BCUT2D eigenvalue weighted by atomic mass is 16.2. The van der Waals surface area contributed by atoms with E-state index in [1.54, 1.807) is 0 Å². The minimum Gasteiger partial charge on any atom is -0.330 e. The molecule has 0 spiro atoms. The molecule has 0 aromatic heterocycles. The Morgan fingerprint density at radius 2 is 2.12 bits per heavy atom. The second-order valence-electron chi connectivity index (χ2n) is 4.73. The highest BCUT2D eigenvalue weighted by Gasteiger charge is 2.36. The van der Waals surface area contributed by atoms with Crippen LogP contribution < -0.4 is 5.32 Å². The van der Waals surface area contributed by atoms with Crippen molar-refractivity contribution in [3.05, 3.63) is 35.4 Å². The first kappa shape index (κ1) is 9.85. The zero-order valence-corrected chi connectivity index (χ0v) is 9.44. The lowest BCUT2D eigenvalue weighted by molar-refractivity contribution is 0.0483. The summed E-state index contributed by atoms with van der Waals surface area (Å²) >= 11 is 0. The number of fused-ring (bicyclic) bond motifs is 2. The van der Waals surface area contributed by atoms with Gasteiger partial charge in [-0.1, -0.05) is 18.2 Å². The summed E-state index contributed by atoms with van der Waals surface area (Å²) in [7, 11) is 0. The van der Waals surface area contributed by atoms with E-state index in [9.17, 15) is 4.79 Å². The van der Waals surface area contributed by atoms with Gasteiger partial charge in [-0.3, -0.25) is 4.79 Å².